The van der Waals surface area contributed by atoms with Crippen LogP contribution >= 0.6 is 11.3 Å². The number of aromatic amines is 1. The Morgan fingerprint density at radius 3 is 2.88 bits per heavy atom. The number of aromatic nitrogens is 6. The van der Waals surface area contributed by atoms with Crippen LogP contribution in [0.5, 0.6) is 0 Å². The molecule has 0 bridgehead atoms. The first kappa shape index (κ1) is 21.1. The van der Waals surface area contributed by atoms with Crippen molar-refractivity contribution in [2.45, 2.75) is 76.8 Å². The molecule has 9 heteroatoms. The van der Waals surface area contributed by atoms with E-state index in [1.54, 1.807) is 11.3 Å². The van der Waals surface area contributed by atoms with Gasteiger partial charge in [0.15, 0.2) is 0 Å². The number of tetrazole rings is 1. The highest BCUT2D eigenvalue weighted by molar-refractivity contribution is 7.13. The number of carbonyl (C=O) groups excluding carboxylic acids is 1. The summed E-state index contributed by atoms with van der Waals surface area (Å²) in [6.45, 7) is 5.19. The summed E-state index contributed by atoms with van der Waals surface area (Å²) in [4.78, 5) is 15.9. The first-order valence-electron chi connectivity index (χ1n) is 11.5. The van der Waals surface area contributed by atoms with Crippen LogP contribution in [0.4, 0.5) is 0 Å². The van der Waals surface area contributed by atoms with E-state index in [9.17, 15) is 4.79 Å². The van der Waals surface area contributed by atoms with Crippen molar-refractivity contribution in [3.8, 4) is 0 Å². The second kappa shape index (κ2) is 8.61. The zero-order valence-corrected chi connectivity index (χ0v) is 19.4. The van der Waals surface area contributed by atoms with Gasteiger partial charge in [0.05, 0.1) is 17.3 Å². The molecule has 0 aromatic carbocycles. The first-order chi connectivity index (χ1) is 15.6. The quantitative estimate of drug-likeness (QED) is 0.473. The van der Waals surface area contributed by atoms with Gasteiger partial charge in [-0.1, -0.05) is 26.2 Å². The van der Waals surface area contributed by atoms with Crippen LogP contribution < -0.4 is 5.32 Å². The lowest BCUT2D eigenvalue weighted by Gasteiger charge is -2.35. The molecule has 3 aromatic heterocycles. The Bertz CT molecular complexity index is 1130. The van der Waals surface area contributed by atoms with E-state index < -0.39 is 5.54 Å². The van der Waals surface area contributed by atoms with Crippen LogP contribution in [0.1, 0.15) is 85.9 Å². The van der Waals surface area contributed by atoms with Crippen LogP contribution in [0, 0.1) is 0 Å². The Morgan fingerprint density at radius 2 is 2.12 bits per heavy atom. The van der Waals surface area contributed by atoms with Gasteiger partial charge in [0.1, 0.15) is 0 Å². The van der Waals surface area contributed by atoms with Gasteiger partial charge >= 0.3 is 0 Å². The van der Waals surface area contributed by atoms with Crippen molar-refractivity contribution in [1.82, 2.24) is 35.7 Å². The highest BCUT2D eigenvalue weighted by Gasteiger charge is 2.40. The second-order valence-electron chi connectivity index (χ2n) is 9.08. The van der Waals surface area contributed by atoms with Crippen LogP contribution in [0.25, 0.3) is 11.1 Å². The SMILES string of the molecule is CCCCCCn1cc([C@]2(C)CC(c3ccc(C4CC4)s3)=C(c3nn[nH]n3)C(=O)N2)cn1. The minimum atomic E-state index is -0.551. The molecule has 32 heavy (non-hydrogen) atoms. The van der Waals surface area contributed by atoms with Crippen molar-refractivity contribution in [3.05, 3.63) is 45.7 Å². The fourth-order valence-electron chi connectivity index (χ4n) is 4.40. The summed E-state index contributed by atoms with van der Waals surface area (Å²) in [6.07, 6.45) is 11.9. The van der Waals surface area contributed by atoms with Gasteiger partial charge < -0.3 is 5.32 Å². The molecule has 8 nitrogen and oxygen atoms in total. The van der Waals surface area contributed by atoms with Gasteiger partial charge in [0, 0.05) is 34.5 Å². The number of nitrogens with zero attached hydrogens (tertiary/aromatic N) is 5. The number of hydrogen-bond donors (Lipinski definition) is 2. The Balaban J connectivity index is 1.46. The molecule has 1 aliphatic heterocycles. The van der Waals surface area contributed by atoms with Crippen molar-refractivity contribution in [1.29, 1.82) is 0 Å². The van der Waals surface area contributed by atoms with Crippen LogP contribution in [-0.4, -0.2) is 36.3 Å². The first-order valence-corrected chi connectivity index (χ1v) is 12.3. The van der Waals surface area contributed by atoms with E-state index in [0.717, 1.165) is 29.0 Å². The third kappa shape index (κ3) is 4.13. The summed E-state index contributed by atoms with van der Waals surface area (Å²) in [7, 11) is 0. The van der Waals surface area contributed by atoms with E-state index in [2.05, 4.69) is 63.2 Å². The zero-order valence-electron chi connectivity index (χ0n) is 18.6. The fraction of sp³-hybridized carbons (Fsp3) is 0.522. The topological polar surface area (TPSA) is 101 Å². The average Bonchev–Trinajstić information content (AvgIpc) is 3.19. The van der Waals surface area contributed by atoms with E-state index in [4.69, 9.17) is 0 Å². The Morgan fingerprint density at radius 1 is 1.25 bits per heavy atom. The fourth-order valence-corrected chi connectivity index (χ4v) is 5.62. The van der Waals surface area contributed by atoms with Crippen molar-refractivity contribution in [2.75, 3.05) is 0 Å². The number of carbonyl (C=O) groups is 1. The summed E-state index contributed by atoms with van der Waals surface area (Å²) >= 11 is 1.79. The minimum Gasteiger partial charge on any atom is -0.342 e. The summed E-state index contributed by atoms with van der Waals surface area (Å²) in [6, 6.07) is 4.35. The lowest BCUT2D eigenvalue weighted by molar-refractivity contribution is -0.117. The molecule has 5 rings (SSSR count). The predicted molar refractivity (Wildman–Crippen MR) is 124 cm³/mol. The number of H-pyrrole nitrogens is 1. The summed E-state index contributed by atoms with van der Waals surface area (Å²) in [5, 5.41) is 22.2. The molecular formula is C23H29N7OS. The molecule has 1 atom stereocenters. The largest absolute Gasteiger partial charge is 0.342 e. The lowest BCUT2D eigenvalue weighted by Crippen LogP contribution is -2.47. The molecular weight excluding hydrogens is 422 g/mol. The molecule has 3 aromatic rings. The minimum absolute atomic E-state index is 0.174. The van der Waals surface area contributed by atoms with Crippen LogP contribution in [0.3, 0.4) is 0 Å². The molecule has 1 aliphatic carbocycles. The maximum Gasteiger partial charge on any atom is 0.256 e. The number of unbranched alkanes of at least 4 members (excludes halogenated alkanes) is 3. The Labute approximate surface area is 191 Å². The molecule has 0 saturated heterocycles. The van der Waals surface area contributed by atoms with Gasteiger partial charge in [-0.05, 0) is 55.0 Å². The van der Waals surface area contributed by atoms with Crippen LogP contribution in [0.15, 0.2) is 24.5 Å². The molecule has 4 heterocycles. The van der Waals surface area contributed by atoms with E-state index >= 15 is 0 Å². The van der Waals surface area contributed by atoms with Crippen molar-refractivity contribution in [3.63, 3.8) is 0 Å². The third-order valence-corrected chi connectivity index (χ3v) is 7.74. The van der Waals surface area contributed by atoms with Gasteiger partial charge in [-0.15, -0.1) is 21.5 Å². The highest BCUT2D eigenvalue weighted by Crippen LogP contribution is 2.47. The summed E-state index contributed by atoms with van der Waals surface area (Å²) in [5.74, 6) is 0.845. The van der Waals surface area contributed by atoms with Crippen LogP contribution in [0.2, 0.25) is 0 Å². The number of amides is 1. The Kier molecular flexibility index (Phi) is 5.67. The highest BCUT2D eigenvalue weighted by atomic mass is 32.1. The monoisotopic (exact) mass is 451 g/mol. The lowest BCUT2D eigenvalue weighted by atomic mass is 9.81. The molecule has 0 unspecified atom stereocenters. The average molecular weight is 452 g/mol. The molecule has 1 amide bonds. The number of thiophene rings is 1. The second-order valence-corrected chi connectivity index (χ2v) is 10.2. The maximum absolute atomic E-state index is 13.4. The van der Waals surface area contributed by atoms with E-state index in [1.165, 1.54) is 37.0 Å². The maximum atomic E-state index is 13.4. The molecule has 168 valence electrons. The molecule has 0 spiro atoms. The molecule has 2 N–H and O–H groups in total. The van der Waals surface area contributed by atoms with Gasteiger partial charge in [0.2, 0.25) is 5.82 Å². The molecule has 1 fully saturated rings. The number of hydrogen-bond acceptors (Lipinski definition) is 6. The van der Waals surface area contributed by atoms with E-state index in [1.807, 2.05) is 10.9 Å². The Hall–Kier alpha value is -2.81. The molecule has 2 aliphatic rings. The molecule has 1 saturated carbocycles. The smallest absolute Gasteiger partial charge is 0.256 e. The van der Waals surface area contributed by atoms with E-state index in [0.29, 0.717) is 23.7 Å². The summed E-state index contributed by atoms with van der Waals surface area (Å²) in [5.41, 5.74) is 1.95. The summed E-state index contributed by atoms with van der Waals surface area (Å²) < 4.78 is 2.00. The third-order valence-electron chi connectivity index (χ3n) is 6.43. The van der Waals surface area contributed by atoms with E-state index in [-0.39, 0.29) is 5.91 Å². The predicted octanol–water partition coefficient (Wildman–Crippen LogP) is 4.26. The number of aryl methyl sites for hydroxylation is 1. The van der Waals surface area contributed by atoms with Crippen LogP contribution in [-0.2, 0) is 16.9 Å². The zero-order chi connectivity index (χ0) is 22.1. The number of nitrogens with one attached hydrogen (secondary N) is 2. The standard InChI is InChI=1S/C23H29N7OS/c1-3-4-5-6-11-30-14-16(13-24-30)23(2)12-17(19-10-9-18(32-19)15-7-8-15)20(22(31)25-23)21-26-28-29-27-21/h9-10,13-15H,3-8,11-12H2,1-2H3,(H,25,31)(H,26,27,28,29)/t23-/m0/s1. The van der Waals surface area contributed by atoms with Gasteiger partial charge in [-0.3, -0.25) is 9.48 Å². The number of rotatable bonds is 9. The normalized spacial score (nSPS) is 21.2. The van der Waals surface area contributed by atoms with Crippen molar-refractivity contribution >= 4 is 28.4 Å². The molecule has 0 radical (unpaired) electrons. The van der Waals surface area contributed by atoms with Gasteiger partial charge in [-0.25, -0.2) is 0 Å². The van der Waals surface area contributed by atoms with Gasteiger partial charge in [-0.2, -0.15) is 10.3 Å². The van der Waals surface area contributed by atoms with Crippen molar-refractivity contribution < 1.29 is 4.79 Å². The van der Waals surface area contributed by atoms with Crippen molar-refractivity contribution in [2.24, 2.45) is 0 Å². The van der Waals surface area contributed by atoms with Gasteiger partial charge in [0.25, 0.3) is 5.91 Å².